The quantitative estimate of drug-likeness (QED) is 0.770. The highest BCUT2D eigenvalue weighted by atomic mass is 35.5. The summed E-state index contributed by atoms with van der Waals surface area (Å²) in [6.07, 6.45) is 1.64. The SMILES string of the molecule is CCCC(C)(N)C(=O)N(C)CC(C)(C)CN1CCOCC1.Cl. The zero-order chi connectivity index (χ0) is 16.1. The van der Waals surface area contributed by atoms with Crippen molar-refractivity contribution in [3.63, 3.8) is 0 Å². The maximum absolute atomic E-state index is 12.5. The summed E-state index contributed by atoms with van der Waals surface area (Å²) in [7, 11) is 1.87. The Balaban J connectivity index is 0.00000441. The topological polar surface area (TPSA) is 58.8 Å². The van der Waals surface area contributed by atoms with Gasteiger partial charge in [0, 0.05) is 33.2 Å². The van der Waals surface area contributed by atoms with Gasteiger partial charge in [0.05, 0.1) is 18.8 Å². The van der Waals surface area contributed by atoms with Crippen molar-refractivity contribution in [3.05, 3.63) is 0 Å². The summed E-state index contributed by atoms with van der Waals surface area (Å²) in [6.45, 7) is 13.6. The molecule has 0 bridgehead atoms. The average molecular weight is 336 g/mol. The van der Waals surface area contributed by atoms with Crippen LogP contribution in [0.25, 0.3) is 0 Å². The molecule has 1 amide bonds. The maximum Gasteiger partial charge on any atom is 0.242 e. The van der Waals surface area contributed by atoms with Crippen LogP contribution in [-0.2, 0) is 9.53 Å². The number of hydrogen-bond donors (Lipinski definition) is 1. The third-order valence-electron chi connectivity index (χ3n) is 4.03. The Morgan fingerprint density at radius 2 is 1.82 bits per heavy atom. The fourth-order valence-electron chi connectivity index (χ4n) is 3.19. The number of likely N-dealkylation sites (N-methyl/N-ethyl adjacent to an activating group) is 1. The maximum atomic E-state index is 12.5. The first-order valence-corrected chi connectivity index (χ1v) is 8.02. The molecule has 1 aliphatic heterocycles. The number of rotatable bonds is 7. The van der Waals surface area contributed by atoms with E-state index >= 15 is 0 Å². The molecule has 0 aromatic heterocycles. The number of halogens is 1. The number of carbonyl (C=O) groups is 1. The molecule has 0 spiro atoms. The zero-order valence-corrected chi connectivity index (χ0v) is 15.7. The van der Waals surface area contributed by atoms with E-state index in [0.29, 0.717) is 0 Å². The fourth-order valence-corrected chi connectivity index (χ4v) is 3.19. The highest BCUT2D eigenvalue weighted by Gasteiger charge is 2.33. The van der Waals surface area contributed by atoms with Crippen LogP contribution in [0, 0.1) is 5.41 Å². The van der Waals surface area contributed by atoms with Gasteiger partial charge in [-0.15, -0.1) is 12.4 Å². The van der Waals surface area contributed by atoms with Crippen LogP contribution in [0.4, 0.5) is 0 Å². The van der Waals surface area contributed by atoms with Gasteiger partial charge in [-0.1, -0.05) is 27.2 Å². The lowest BCUT2D eigenvalue weighted by atomic mass is 9.90. The van der Waals surface area contributed by atoms with Crippen LogP contribution in [-0.4, -0.2) is 67.7 Å². The molecule has 0 saturated carbocycles. The lowest BCUT2D eigenvalue weighted by molar-refractivity contribution is -0.136. The lowest BCUT2D eigenvalue weighted by Crippen LogP contribution is -2.54. The van der Waals surface area contributed by atoms with E-state index in [1.165, 1.54) is 0 Å². The molecule has 0 radical (unpaired) electrons. The Bertz CT molecular complexity index is 342. The first-order chi connectivity index (χ1) is 9.68. The third kappa shape index (κ3) is 6.82. The molecule has 6 heteroatoms. The number of morpholine rings is 1. The molecule has 1 aliphatic rings. The molecule has 1 saturated heterocycles. The summed E-state index contributed by atoms with van der Waals surface area (Å²) in [6, 6.07) is 0. The summed E-state index contributed by atoms with van der Waals surface area (Å²) >= 11 is 0. The van der Waals surface area contributed by atoms with E-state index in [-0.39, 0.29) is 23.7 Å². The molecule has 1 fully saturated rings. The second kappa shape index (κ2) is 9.06. The molecule has 2 N–H and O–H groups in total. The molecular formula is C16H34ClN3O2. The Hall–Kier alpha value is -0.360. The van der Waals surface area contributed by atoms with Gasteiger partial charge in [0.2, 0.25) is 5.91 Å². The number of hydrogen-bond acceptors (Lipinski definition) is 4. The second-order valence-electron chi connectivity index (χ2n) is 7.38. The van der Waals surface area contributed by atoms with Crippen molar-refractivity contribution in [2.75, 3.05) is 46.4 Å². The highest BCUT2D eigenvalue weighted by Crippen LogP contribution is 2.21. The molecule has 132 valence electrons. The molecule has 5 nitrogen and oxygen atoms in total. The highest BCUT2D eigenvalue weighted by molar-refractivity contribution is 5.85. The van der Waals surface area contributed by atoms with E-state index in [1.807, 2.05) is 14.0 Å². The standard InChI is InChI=1S/C16H33N3O2.ClH/c1-6-7-16(4,17)14(20)18(5)12-15(2,3)13-19-8-10-21-11-9-19;/h6-13,17H2,1-5H3;1H. The van der Waals surface area contributed by atoms with Crippen LogP contribution < -0.4 is 5.73 Å². The van der Waals surface area contributed by atoms with Gasteiger partial charge in [0.15, 0.2) is 0 Å². The Morgan fingerprint density at radius 1 is 1.27 bits per heavy atom. The predicted octanol–water partition coefficient (Wildman–Crippen LogP) is 1.74. The van der Waals surface area contributed by atoms with Gasteiger partial charge in [-0.2, -0.15) is 0 Å². The normalized spacial score (nSPS) is 19.2. The minimum Gasteiger partial charge on any atom is -0.379 e. The second-order valence-corrected chi connectivity index (χ2v) is 7.38. The van der Waals surface area contributed by atoms with Crippen LogP contribution in [0.3, 0.4) is 0 Å². The molecule has 1 atom stereocenters. The molecule has 22 heavy (non-hydrogen) atoms. The van der Waals surface area contributed by atoms with Crippen LogP contribution in [0.15, 0.2) is 0 Å². The Morgan fingerprint density at radius 3 is 2.32 bits per heavy atom. The zero-order valence-electron chi connectivity index (χ0n) is 14.9. The van der Waals surface area contributed by atoms with Gasteiger partial charge in [-0.05, 0) is 18.8 Å². The summed E-state index contributed by atoms with van der Waals surface area (Å²) in [5.41, 5.74) is 5.45. The third-order valence-corrected chi connectivity index (χ3v) is 4.03. The number of nitrogens with zero attached hydrogens (tertiary/aromatic N) is 2. The van der Waals surface area contributed by atoms with E-state index in [2.05, 4.69) is 25.7 Å². The summed E-state index contributed by atoms with van der Waals surface area (Å²) in [5.74, 6) is 0.0411. The van der Waals surface area contributed by atoms with Crippen molar-refractivity contribution in [1.29, 1.82) is 0 Å². The van der Waals surface area contributed by atoms with Gasteiger partial charge in [0.25, 0.3) is 0 Å². The van der Waals surface area contributed by atoms with E-state index in [0.717, 1.165) is 52.2 Å². The predicted molar refractivity (Wildman–Crippen MR) is 93.4 cm³/mol. The van der Waals surface area contributed by atoms with Gasteiger partial charge in [-0.25, -0.2) is 0 Å². The number of nitrogens with two attached hydrogens (primary N) is 1. The summed E-state index contributed by atoms with van der Waals surface area (Å²) in [5, 5.41) is 0. The average Bonchev–Trinajstić information content (AvgIpc) is 2.37. The van der Waals surface area contributed by atoms with E-state index in [1.54, 1.807) is 4.90 Å². The van der Waals surface area contributed by atoms with Gasteiger partial charge >= 0.3 is 0 Å². The van der Waals surface area contributed by atoms with Crippen molar-refractivity contribution in [2.24, 2.45) is 11.1 Å². The van der Waals surface area contributed by atoms with E-state index in [9.17, 15) is 4.79 Å². The van der Waals surface area contributed by atoms with Crippen molar-refractivity contribution >= 4 is 18.3 Å². The molecule has 1 rings (SSSR count). The number of carbonyl (C=O) groups excluding carboxylic acids is 1. The van der Waals surface area contributed by atoms with Gasteiger partial charge < -0.3 is 15.4 Å². The Kier molecular flexibility index (Phi) is 8.91. The minimum absolute atomic E-state index is 0. The van der Waals surface area contributed by atoms with Crippen LogP contribution in [0.1, 0.15) is 40.5 Å². The fraction of sp³-hybridized carbons (Fsp3) is 0.938. The number of ether oxygens (including phenoxy) is 1. The smallest absolute Gasteiger partial charge is 0.242 e. The van der Waals surface area contributed by atoms with Crippen molar-refractivity contribution in [2.45, 2.75) is 46.1 Å². The molecule has 1 unspecified atom stereocenters. The van der Waals surface area contributed by atoms with Crippen LogP contribution in [0.5, 0.6) is 0 Å². The summed E-state index contributed by atoms with van der Waals surface area (Å²) in [4.78, 5) is 16.7. The number of amides is 1. The molecular weight excluding hydrogens is 302 g/mol. The van der Waals surface area contributed by atoms with E-state index < -0.39 is 5.54 Å². The van der Waals surface area contributed by atoms with Gasteiger partial charge in [0.1, 0.15) is 0 Å². The summed E-state index contributed by atoms with van der Waals surface area (Å²) < 4.78 is 5.38. The van der Waals surface area contributed by atoms with Crippen molar-refractivity contribution in [1.82, 2.24) is 9.80 Å². The largest absolute Gasteiger partial charge is 0.379 e. The van der Waals surface area contributed by atoms with E-state index in [4.69, 9.17) is 10.5 Å². The molecule has 0 aliphatic carbocycles. The molecule has 0 aromatic carbocycles. The first kappa shape index (κ1) is 21.6. The Labute approximate surface area is 141 Å². The molecule has 1 heterocycles. The van der Waals surface area contributed by atoms with Crippen molar-refractivity contribution < 1.29 is 9.53 Å². The minimum atomic E-state index is -0.751. The van der Waals surface area contributed by atoms with Crippen LogP contribution in [0.2, 0.25) is 0 Å². The monoisotopic (exact) mass is 335 g/mol. The van der Waals surface area contributed by atoms with Crippen molar-refractivity contribution in [3.8, 4) is 0 Å². The molecule has 0 aromatic rings. The van der Waals surface area contributed by atoms with Crippen LogP contribution >= 0.6 is 12.4 Å². The first-order valence-electron chi connectivity index (χ1n) is 8.02. The lowest BCUT2D eigenvalue weighted by Gasteiger charge is -2.38. The van der Waals surface area contributed by atoms with Gasteiger partial charge in [-0.3, -0.25) is 9.69 Å².